The van der Waals surface area contributed by atoms with E-state index in [1.807, 2.05) is 0 Å². The van der Waals surface area contributed by atoms with Crippen LogP contribution in [0, 0.1) is 47.3 Å². The third-order valence-electron chi connectivity index (χ3n) is 6.48. The molecule has 2 bridgehead atoms. The summed E-state index contributed by atoms with van der Waals surface area (Å²) in [6, 6.07) is 0. The van der Waals surface area contributed by atoms with Crippen LogP contribution in [0.2, 0.25) is 0 Å². The Labute approximate surface area is 87.5 Å². The molecule has 0 aromatic rings. The molecule has 4 rings (SSSR count). The molecule has 0 aliphatic heterocycles. The zero-order valence-electron chi connectivity index (χ0n) is 9.45. The van der Waals surface area contributed by atoms with Gasteiger partial charge in [-0.25, -0.2) is 0 Å². The Morgan fingerprint density at radius 2 is 1.29 bits per heavy atom. The molecular formula is C14H22. The summed E-state index contributed by atoms with van der Waals surface area (Å²) < 4.78 is 0. The zero-order chi connectivity index (χ0) is 9.45. The fourth-order valence-electron chi connectivity index (χ4n) is 5.87. The summed E-state index contributed by atoms with van der Waals surface area (Å²) in [7, 11) is 0. The van der Waals surface area contributed by atoms with E-state index in [-0.39, 0.29) is 0 Å². The summed E-state index contributed by atoms with van der Waals surface area (Å²) >= 11 is 0. The summed E-state index contributed by atoms with van der Waals surface area (Å²) in [5, 5.41) is 0. The van der Waals surface area contributed by atoms with E-state index >= 15 is 0 Å². The van der Waals surface area contributed by atoms with Gasteiger partial charge in [0.1, 0.15) is 0 Å². The van der Waals surface area contributed by atoms with E-state index in [0.717, 1.165) is 23.7 Å². The minimum Gasteiger partial charge on any atom is -0.0625 e. The molecule has 14 heavy (non-hydrogen) atoms. The highest BCUT2D eigenvalue weighted by Gasteiger charge is 2.64. The van der Waals surface area contributed by atoms with Gasteiger partial charge < -0.3 is 0 Å². The van der Waals surface area contributed by atoms with Crippen LogP contribution in [0.4, 0.5) is 0 Å². The Hall–Kier alpha value is 0. The maximum absolute atomic E-state index is 2.57. The molecule has 4 aliphatic carbocycles. The molecule has 78 valence electrons. The molecule has 0 aromatic heterocycles. The second-order valence-corrected chi connectivity index (χ2v) is 6.90. The van der Waals surface area contributed by atoms with Gasteiger partial charge in [0.05, 0.1) is 0 Å². The van der Waals surface area contributed by atoms with Crippen LogP contribution in [0.5, 0.6) is 0 Å². The van der Waals surface area contributed by atoms with E-state index in [1.54, 1.807) is 25.7 Å². The Bertz CT molecular complexity index is 241. The van der Waals surface area contributed by atoms with Crippen LogP contribution in [-0.2, 0) is 0 Å². The molecule has 0 aromatic carbocycles. The Kier molecular flexibility index (Phi) is 1.40. The standard InChI is InChI=1S/C14H22/c1-7-3-10-8(2)11(4-7)13-6-9-5-12(10)14(9)13/h7-14H,3-6H2,1-2H3. The molecular weight excluding hydrogens is 168 g/mol. The van der Waals surface area contributed by atoms with Gasteiger partial charge >= 0.3 is 0 Å². The number of fused-ring (bicyclic) bond motifs is 4. The molecule has 4 atom stereocenters. The van der Waals surface area contributed by atoms with Gasteiger partial charge in [0.25, 0.3) is 0 Å². The predicted octanol–water partition coefficient (Wildman–Crippen LogP) is 3.57. The molecule has 0 nitrogen and oxygen atoms in total. The predicted molar refractivity (Wildman–Crippen MR) is 57.7 cm³/mol. The zero-order valence-corrected chi connectivity index (χ0v) is 9.45. The second-order valence-electron chi connectivity index (χ2n) is 6.90. The molecule has 0 heterocycles. The van der Waals surface area contributed by atoms with Crippen LogP contribution in [0.15, 0.2) is 0 Å². The third kappa shape index (κ3) is 0.750. The monoisotopic (exact) mass is 190 g/mol. The van der Waals surface area contributed by atoms with Crippen molar-refractivity contribution in [2.24, 2.45) is 47.3 Å². The van der Waals surface area contributed by atoms with E-state index < -0.39 is 0 Å². The Balaban J connectivity index is 1.70. The van der Waals surface area contributed by atoms with Gasteiger partial charge in [-0.2, -0.15) is 0 Å². The van der Waals surface area contributed by atoms with Crippen LogP contribution in [0.25, 0.3) is 0 Å². The first-order chi connectivity index (χ1) is 6.75. The topological polar surface area (TPSA) is 0 Å². The van der Waals surface area contributed by atoms with Crippen LogP contribution < -0.4 is 0 Å². The molecule has 4 aliphatic rings. The summed E-state index contributed by atoms with van der Waals surface area (Å²) in [5.41, 5.74) is 0. The highest BCUT2D eigenvalue weighted by atomic mass is 14.7. The summed E-state index contributed by atoms with van der Waals surface area (Å²) in [6.07, 6.45) is 6.38. The van der Waals surface area contributed by atoms with Crippen molar-refractivity contribution in [2.75, 3.05) is 0 Å². The van der Waals surface area contributed by atoms with Crippen molar-refractivity contribution in [1.82, 2.24) is 0 Å². The normalized spacial score (nSPS) is 69.0. The van der Waals surface area contributed by atoms with Gasteiger partial charge in [0.2, 0.25) is 0 Å². The lowest BCUT2D eigenvalue weighted by molar-refractivity contribution is -0.217. The molecule has 0 saturated heterocycles. The molecule has 0 N–H and O–H groups in total. The maximum Gasteiger partial charge on any atom is -0.0323 e. The van der Waals surface area contributed by atoms with E-state index in [9.17, 15) is 0 Å². The lowest BCUT2D eigenvalue weighted by Gasteiger charge is -2.70. The second kappa shape index (κ2) is 2.39. The highest BCUT2D eigenvalue weighted by Crippen LogP contribution is 2.71. The van der Waals surface area contributed by atoms with E-state index in [4.69, 9.17) is 0 Å². The molecule has 0 heteroatoms. The minimum absolute atomic E-state index is 1.04. The first-order valence-electron chi connectivity index (χ1n) is 6.75. The number of hydrogen-bond donors (Lipinski definition) is 0. The summed E-state index contributed by atoms with van der Waals surface area (Å²) in [6.45, 7) is 5.07. The molecule has 0 spiro atoms. The lowest BCUT2D eigenvalue weighted by Crippen LogP contribution is -2.64. The van der Waals surface area contributed by atoms with Crippen molar-refractivity contribution in [2.45, 2.75) is 39.5 Å². The molecule has 0 radical (unpaired) electrons. The van der Waals surface area contributed by atoms with Crippen molar-refractivity contribution in [3.05, 3.63) is 0 Å². The van der Waals surface area contributed by atoms with Crippen LogP contribution >= 0.6 is 0 Å². The SMILES string of the molecule is CC1CC2C(C)C(C1)C1CC3CC2C31. The van der Waals surface area contributed by atoms with Crippen LogP contribution in [0.1, 0.15) is 39.5 Å². The highest BCUT2D eigenvalue weighted by molar-refractivity contribution is 5.12. The van der Waals surface area contributed by atoms with E-state index in [2.05, 4.69) is 13.8 Å². The van der Waals surface area contributed by atoms with Crippen molar-refractivity contribution < 1.29 is 0 Å². The average molecular weight is 190 g/mol. The van der Waals surface area contributed by atoms with E-state index in [0.29, 0.717) is 0 Å². The molecule has 4 saturated carbocycles. The quantitative estimate of drug-likeness (QED) is 0.548. The van der Waals surface area contributed by atoms with Gasteiger partial charge in [0, 0.05) is 0 Å². The third-order valence-corrected chi connectivity index (χ3v) is 6.48. The van der Waals surface area contributed by atoms with Gasteiger partial charge in [0.15, 0.2) is 0 Å². The first kappa shape index (κ1) is 8.19. The summed E-state index contributed by atoms with van der Waals surface area (Å²) in [5.74, 6) is 9.22. The fraction of sp³-hybridized carbons (Fsp3) is 1.00. The van der Waals surface area contributed by atoms with Crippen molar-refractivity contribution >= 4 is 0 Å². The maximum atomic E-state index is 2.57. The molecule has 4 unspecified atom stereocenters. The van der Waals surface area contributed by atoms with Crippen LogP contribution in [0.3, 0.4) is 0 Å². The van der Waals surface area contributed by atoms with Gasteiger partial charge in [-0.15, -0.1) is 0 Å². The molecule has 4 fully saturated rings. The van der Waals surface area contributed by atoms with Gasteiger partial charge in [-0.3, -0.25) is 0 Å². The Morgan fingerprint density at radius 1 is 0.714 bits per heavy atom. The van der Waals surface area contributed by atoms with Crippen molar-refractivity contribution in [1.29, 1.82) is 0 Å². The van der Waals surface area contributed by atoms with Crippen molar-refractivity contribution in [3.8, 4) is 0 Å². The smallest absolute Gasteiger partial charge is 0.0323 e. The fourth-order valence-corrected chi connectivity index (χ4v) is 5.87. The largest absolute Gasteiger partial charge is 0.0625 e. The van der Waals surface area contributed by atoms with Gasteiger partial charge in [-0.05, 0) is 73.0 Å². The summed E-state index contributed by atoms with van der Waals surface area (Å²) in [4.78, 5) is 0. The minimum atomic E-state index is 1.04. The van der Waals surface area contributed by atoms with Gasteiger partial charge in [-0.1, -0.05) is 13.8 Å². The average Bonchev–Trinajstić information content (AvgIpc) is 2.11. The van der Waals surface area contributed by atoms with Crippen LogP contribution in [-0.4, -0.2) is 0 Å². The van der Waals surface area contributed by atoms with E-state index in [1.165, 1.54) is 23.7 Å². The first-order valence-corrected chi connectivity index (χ1v) is 6.75. The lowest BCUT2D eigenvalue weighted by atomic mass is 9.35. The Morgan fingerprint density at radius 3 is 1.79 bits per heavy atom. The molecule has 0 amide bonds. The number of hydrogen-bond acceptors (Lipinski definition) is 0. The van der Waals surface area contributed by atoms with Crippen molar-refractivity contribution in [3.63, 3.8) is 0 Å². The number of rotatable bonds is 0.